The zero-order valence-electron chi connectivity index (χ0n) is 16.8. The first-order valence-corrected chi connectivity index (χ1v) is 9.68. The molecule has 0 aliphatic heterocycles. The van der Waals surface area contributed by atoms with Gasteiger partial charge in [-0.25, -0.2) is 0 Å². The molecule has 146 valence electrons. The second-order valence-corrected chi connectivity index (χ2v) is 6.74. The summed E-state index contributed by atoms with van der Waals surface area (Å²) in [7, 11) is 1.83. The quantitative estimate of drug-likeness (QED) is 0.592. The Morgan fingerprint density at radius 3 is 2.39 bits per heavy atom. The topological polar surface area (TPSA) is 47.4 Å². The number of rotatable bonds is 8. The first-order chi connectivity index (χ1) is 13.6. The monoisotopic (exact) mass is 377 g/mol. The smallest absolute Gasteiger partial charge is 0.257 e. The minimum Gasteiger partial charge on any atom is -0.494 e. The zero-order chi connectivity index (χ0) is 19.9. The van der Waals surface area contributed by atoms with E-state index in [-0.39, 0.29) is 5.91 Å². The molecule has 0 unspecified atom stereocenters. The number of amides is 1. The molecule has 0 spiro atoms. The summed E-state index contributed by atoms with van der Waals surface area (Å²) in [4.78, 5) is 14.7. The Bertz CT molecular complexity index is 901. The maximum absolute atomic E-state index is 13.0. The van der Waals surface area contributed by atoms with Crippen LogP contribution >= 0.6 is 0 Å². The maximum Gasteiger partial charge on any atom is 0.257 e. The molecule has 0 aliphatic carbocycles. The second-order valence-electron chi connectivity index (χ2n) is 6.74. The van der Waals surface area contributed by atoms with Crippen LogP contribution in [-0.2, 0) is 19.5 Å². The van der Waals surface area contributed by atoms with Crippen LogP contribution in [0.3, 0.4) is 0 Å². The predicted molar refractivity (Wildman–Crippen MR) is 111 cm³/mol. The van der Waals surface area contributed by atoms with Crippen molar-refractivity contribution in [2.24, 2.45) is 0 Å². The van der Waals surface area contributed by atoms with Crippen molar-refractivity contribution in [3.05, 3.63) is 83.2 Å². The standard InChI is InChI=1S/C23H27N3O2/c1-4-22-21(15-24-26(22)17-18-9-7-6-8-10-18)23(27)25(3)16-19-11-13-20(14-12-19)28-5-2/h6-15H,4-5,16-17H2,1-3H3. The van der Waals surface area contributed by atoms with E-state index in [1.165, 1.54) is 5.56 Å². The number of aromatic nitrogens is 2. The Morgan fingerprint density at radius 1 is 1.04 bits per heavy atom. The molecule has 0 atom stereocenters. The molecule has 0 N–H and O–H groups in total. The van der Waals surface area contributed by atoms with Gasteiger partial charge < -0.3 is 9.64 Å². The van der Waals surface area contributed by atoms with Crippen molar-refractivity contribution in [3.63, 3.8) is 0 Å². The van der Waals surface area contributed by atoms with E-state index >= 15 is 0 Å². The third-order valence-electron chi connectivity index (χ3n) is 4.69. The summed E-state index contributed by atoms with van der Waals surface area (Å²) in [6.07, 6.45) is 2.45. The van der Waals surface area contributed by atoms with Crippen molar-refractivity contribution in [2.75, 3.05) is 13.7 Å². The molecule has 3 aromatic rings. The van der Waals surface area contributed by atoms with E-state index in [1.54, 1.807) is 11.1 Å². The van der Waals surface area contributed by atoms with Gasteiger partial charge in [0.1, 0.15) is 5.75 Å². The number of benzene rings is 2. The van der Waals surface area contributed by atoms with Gasteiger partial charge in [0.05, 0.1) is 30.6 Å². The molecule has 0 radical (unpaired) electrons. The Kier molecular flexibility index (Phi) is 6.48. The number of hydrogen-bond donors (Lipinski definition) is 0. The highest BCUT2D eigenvalue weighted by molar-refractivity contribution is 5.95. The van der Waals surface area contributed by atoms with Crippen LogP contribution in [0.2, 0.25) is 0 Å². The summed E-state index contributed by atoms with van der Waals surface area (Å²) < 4.78 is 7.40. The van der Waals surface area contributed by atoms with Gasteiger partial charge in [-0.2, -0.15) is 5.10 Å². The molecule has 0 bridgehead atoms. The Morgan fingerprint density at radius 2 is 1.75 bits per heavy atom. The van der Waals surface area contributed by atoms with E-state index in [0.29, 0.717) is 25.3 Å². The van der Waals surface area contributed by atoms with Crippen LogP contribution in [0.4, 0.5) is 0 Å². The van der Waals surface area contributed by atoms with Crippen molar-refractivity contribution >= 4 is 5.91 Å². The lowest BCUT2D eigenvalue weighted by atomic mass is 10.1. The first-order valence-electron chi connectivity index (χ1n) is 9.68. The predicted octanol–water partition coefficient (Wildman–Crippen LogP) is 4.16. The third-order valence-corrected chi connectivity index (χ3v) is 4.69. The lowest BCUT2D eigenvalue weighted by Crippen LogP contribution is -2.27. The molecule has 1 heterocycles. The summed E-state index contributed by atoms with van der Waals surface area (Å²) in [5.74, 6) is 0.834. The van der Waals surface area contributed by atoms with E-state index in [4.69, 9.17) is 4.74 Å². The van der Waals surface area contributed by atoms with E-state index in [0.717, 1.165) is 23.4 Å². The number of carbonyl (C=O) groups excluding carboxylic acids is 1. The molecule has 0 saturated carbocycles. The van der Waals surface area contributed by atoms with Gasteiger partial charge in [0.2, 0.25) is 0 Å². The van der Waals surface area contributed by atoms with Gasteiger partial charge in [-0.15, -0.1) is 0 Å². The number of nitrogens with zero attached hydrogens (tertiary/aromatic N) is 3. The van der Waals surface area contributed by atoms with Gasteiger partial charge in [0.25, 0.3) is 5.91 Å². The number of carbonyl (C=O) groups is 1. The van der Waals surface area contributed by atoms with Crippen LogP contribution in [0.25, 0.3) is 0 Å². The van der Waals surface area contributed by atoms with Crippen molar-refractivity contribution < 1.29 is 9.53 Å². The third kappa shape index (κ3) is 4.60. The molecular weight excluding hydrogens is 350 g/mol. The SMILES string of the molecule is CCOc1ccc(CN(C)C(=O)c2cnn(Cc3ccccc3)c2CC)cc1. The van der Waals surface area contributed by atoms with Gasteiger partial charge in [-0.1, -0.05) is 49.4 Å². The molecule has 0 aliphatic rings. The molecule has 1 aromatic heterocycles. The molecule has 0 saturated heterocycles. The lowest BCUT2D eigenvalue weighted by Gasteiger charge is -2.18. The minimum atomic E-state index is -0.00922. The van der Waals surface area contributed by atoms with Crippen LogP contribution in [0.1, 0.15) is 41.0 Å². The largest absolute Gasteiger partial charge is 0.494 e. The van der Waals surface area contributed by atoms with E-state index in [9.17, 15) is 4.79 Å². The van der Waals surface area contributed by atoms with Gasteiger partial charge in [0.15, 0.2) is 0 Å². The van der Waals surface area contributed by atoms with Crippen LogP contribution in [0.5, 0.6) is 5.75 Å². The van der Waals surface area contributed by atoms with Crippen molar-refractivity contribution in [3.8, 4) is 5.75 Å². The second kappa shape index (κ2) is 9.22. The number of hydrogen-bond acceptors (Lipinski definition) is 3. The molecule has 5 heteroatoms. The molecule has 3 rings (SSSR count). The Labute approximate surface area is 166 Å². The number of ether oxygens (including phenoxy) is 1. The highest BCUT2D eigenvalue weighted by Gasteiger charge is 2.20. The van der Waals surface area contributed by atoms with E-state index in [1.807, 2.05) is 61.1 Å². The summed E-state index contributed by atoms with van der Waals surface area (Å²) in [5.41, 5.74) is 3.87. The zero-order valence-corrected chi connectivity index (χ0v) is 16.8. The van der Waals surface area contributed by atoms with Crippen LogP contribution in [0.15, 0.2) is 60.8 Å². The van der Waals surface area contributed by atoms with Crippen molar-refractivity contribution in [2.45, 2.75) is 33.4 Å². The molecule has 1 amide bonds. The fourth-order valence-electron chi connectivity index (χ4n) is 3.26. The van der Waals surface area contributed by atoms with Crippen LogP contribution in [0, 0.1) is 0 Å². The van der Waals surface area contributed by atoms with Gasteiger partial charge in [-0.3, -0.25) is 9.48 Å². The van der Waals surface area contributed by atoms with Crippen LogP contribution in [-0.4, -0.2) is 34.2 Å². The summed E-state index contributed by atoms with van der Waals surface area (Å²) >= 11 is 0. The van der Waals surface area contributed by atoms with Crippen LogP contribution < -0.4 is 4.74 Å². The Hall–Kier alpha value is -3.08. The van der Waals surface area contributed by atoms with E-state index in [2.05, 4.69) is 24.2 Å². The fraction of sp³-hybridized carbons (Fsp3) is 0.304. The highest BCUT2D eigenvalue weighted by atomic mass is 16.5. The first kappa shape index (κ1) is 19.7. The van der Waals surface area contributed by atoms with Gasteiger partial charge in [-0.05, 0) is 36.6 Å². The molecule has 5 nitrogen and oxygen atoms in total. The molecule has 2 aromatic carbocycles. The van der Waals surface area contributed by atoms with Gasteiger partial charge in [0, 0.05) is 13.6 Å². The summed E-state index contributed by atoms with van der Waals surface area (Å²) in [6, 6.07) is 18.0. The average molecular weight is 377 g/mol. The fourth-order valence-corrected chi connectivity index (χ4v) is 3.26. The molecular formula is C23H27N3O2. The lowest BCUT2D eigenvalue weighted by molar-refractivity contribution is 0.0784. The summed E-state index contributed by atoms with van der Waals surface area (Å²) in [6.45, 7) is 5.87. The Balaban J connectivity index is 1.72. The molecule has 0 fully saturated rings. The maximum atomic E-state index is 13.0. The van der Waals surface area contributed by atoms with Gasteiger partial charge >= 0.3 is 0 Å². The average Bonchev–Trinajstić information content (AvgIpc) is 3.12. The molecule has 28 heavy (non-hydrogen) atoms. The van der Waals surface area contributed by atoms with Crippen molar-refractivity contribution in [1.29, 1.82) is 0 Å². The summed E-state index contributed by atoms with van der Waals surface area (Å²) in [5, 5.41) is 4.48. The van der Waals surface area contributed by atoms with E-state index < -0.39 is 0 Å². The highest BCUT2D eigenvalue weighted by Crippen LogP contribution is 2.17. The normalized spacial score (nSPS) is 10.7. The minimum absolute atomic E-state index is 0.00922. The van der Waals surface area contributed by atoms with Crippen molar-refractivity contribution in [1.82, 2.24) is 14.7 Å².